The minimum absolute atomic E-state index is 0.00458. The average molecular weight is 981 g/mol. The van der Waals surface area contributed by atoms with Crippen molar-refractivity contribution in [2.45, 2.75) is 143 Å². The van der Waals surface area contributed by atoms with Crippen LogP contribution in [0.2, 0.25) is 0 Å². The maximum atomic E-state index is 14.6. The van der Waals surface area contributed by atoms with Crippen molar-refractivity contribution in [3.8, 4) is 5.75 Å². The predicted molar refractivity (Wildman–Crippen MR) is 253 cm³/mol. The largest absolute Gasteiger partial charge is 0.508 e. The number of amides is 8. The summed E-state index contributed by atoms with van der Waals surface area (Å²) in [6.07, 6.45) is -2.79. The van der Waals surface area contributed by atoms with E-state index < -0.39 is 156 Å². The summed E-state index contributed by atoms with van der Waals surface area (Å²) in [5, 5.41) is 20.1. The third-order valence-corrected chi connectivity index (χ3v) is 13.1. The van der Waals surface area contributed by atoms with Crippen molar-refractivity contribution in [1.29, 1.82) is 0 Å². The first-order chi connectivity index (χ1) is 32.8. The van der Waals surface area contributed by atoms with E-state index in [1.165, 1.54) is 17.0 Å². The number of hydrogen-bond acceptors (Lipinski definition) is 13. The van der Waals surface area contributed by atoms with Gasteiger partial charge in [-0.25, -0.2) is 0 Å². The molecule has 21 heteroatoms. The summed E-state index contributed by atoms with van der Waals surface area (Å²) in [5.41, 5.74) is 15.5. The van der Waals surface area contributed by atoms with Gasteiger partial charge in [-0.2, -0.15) is 0 Å². The molecular formula is C49H72N8O13. The fourth-order valence-corrected chi connectivity index (χ4v) is 9.23. The third kappa shape index (κ3) is 18.1. The Morgan fingerprint density at radius 2 is 1.50 bits per heavy atom. The van der Waals surface area contributed by atoms with Crippen LogP contribution in [-0.2, 0) is 64.0 Å². The van der Waals surface area contributed by atoms with Gasteiger partial charge in [0.1, 0.15) is 5.75 Å². The van der Waals surface area contributed by atoms with Gasteiger partial charge in [-0.1, -0.05) is 53.2 Å². The molecule has 0 bridgehead atoms. The van der Waals surface area contributed by atoms with Gasteiger partial charge in [0.15, 0.2) is 23.1 Å². The Morgan fingerprint density at radius 3 is 2.10 bits per heavy atom. The van der Waals surface area contributed by atoms with E-state index in [0.29, 0.717) is 18.4 Å². The highest BCUT2D eigenvalue weighted by molar-refractivity contribution is 6.00. The highest BCUT2D eigenvalue weighted by Gasteiger charge is 2.44. The Morgan fingerprint density at radius 1 is 0.843 bits per heavy atom. The van der Waals surface area contributed by atoms with Crippen LogP contribution in [0.1, 0.15) is 124 Å². The maximum absolute atomic E-state index is 14.6. The molecule has 3 rings (SSSR count). The lowest BCUT2D eigenvalue weighted by Gasteiger charge is -2.33. The van der Waals surface area contributed by atoms with Crippen LogP contribution in [-0.4, -0.2) is 118 Å². The second kappa shape index (κ2) is 27.0. The fourth-order valence-electron chi connectivity index (χ4n) is 9.23. The monoisotopic (exact) mass is 981 g/mol. The van der Waals surface area contributed by atoms with Gasteiger partial charge in [-0.15, -0.1) is 0 Å². The first-order valence-corrected chi connectivity index (χ1v) is 24.0. The number of aromatic hydroxyl groups is 1. The predicted octanol–water partition coefficient (Wildman–Crippen LogP) is 0.332. The van der Waals surface area contributed by atoms with E-state index in [2.05, 4.69) is 21.3 Å². The summed E-state index contributed by atoms with van der Waals surface area (Å²) in [7, 11) is 0. The van der Waals surface area contributed by atoms with E-state index in [0.717, 1.165) is 0 Å². The number of ketones is 4. The van der Waals surface area contributed by atoms with Gasteiger partial charge < -0.3 is 48.5 Å². The lowest BCUT2D eigenvalue weighted by molar-refractivity contribution is -0.145. The lowest BCUT2D eigenvalue weighted by atomic mass is 9.76. The van der Waals surface area contributed by atoms with Crippen LogP contribution in [0.3, 0.4) is 0 Å². The SMILES string of the molecule is CC[C@H](C)[C@@H]1NC(=O)[C@H](Cc2ccc(O)cc2)CC(=O)CNC(=O)CC[C@@H](C(=O)N2CCC[C@H]2C(=O)C[C@@](C)(CC(C)C)C(=O)NCC(N)=O)CC(=O)[C@H](CC(N)=O)NC(=O)[C@H](CCC(N)=O)CC1=O. The van der Waals surface area contributed by atoms with E-state index in [9.17, 15) is 62.6 Å². The van der Waals surface area contributed by atoms with E-state index in [1.54, 1.807) is 32.9 Å². The summed E-state index contributed by atoms with van der Waals surface area (Å²) >= 11 is 0. The molecule has 0 radical (unpaired) electrons. The molecular weight excluding hydrogens is 909 g/mol. The zero-order valence-corrected chi connectivity index (χ0v) is 41.0. The van der Waals surface area contributed by atoms with Gasteiger partial charge in [0.05, 0.1) is 43.1 Å². The van der Waals surface area contributed by atoms with Crippen molar-refractivity contribution in [2.75, 3.05) is 19.6 Å². The van der Waals surface area contributed by atoms with Crippen LogP contribution in [0.5, 0.6) is 5.75 Å². The van der Waals surface area contributed by atoms with E-state index in [4.69, 9.17) is 17.2 Å². The van der Waals surface area contributed by atoms with Gasteiger partial charge in [0, 0.05) is 62.8 Å². The van der Waals surface area contributed by atoms with Crippen molar-refractivity contribution < 1.29 is 62.6 Å². The van der Waals surface area contributed by atoms with Crippen LogP contribution in [0.4, 0.5) is 0 Å². The summed E-state index contributed by atoms with van der Waals surface area (Å²) in [6.45, 7) is 7.86. The Labute approximate surface area is 408 Å². The zero-order valence-electron chi connectivity index (χ0n) is 41.0. The molecule has 2 heterocycles. The standard InChI is InChI=1S/C49H72N8O13/c1-6-28(4)44-38(61)20-30(11-15-40(50)63)45(67)55-35(22-41(51)64)37(60)21-31(12-16-43(66)53-25-34(59)19-32(46(68)56-44)18-29-9-13-33(58)14-10-29)47(69)57-17-7-8-36(57)39(62)24-49(5,23-27(2)3)48(70)54-26-42(52)65/h9-10,13-14,27-28,30-32,35-36,44,58H,6-8,11-12,15-26H2,1-5H3,(H2,50,63)(H2,51,64)(H2,52,65)(H,53,66)(H,54,70)(H,55,67)(H,56,68)/t28-,30+,31+,32+,35-,36-,44-,49+/m0/s1. The number of phenolic OH excluding ortho intramolecular Hbond substituents is 1. The molecule has 2 fully saturated rings. The molecule has 11 N–H and O–H groups in total. The molecule has 1 aromatic rings. The second-order valence-corrected chi connectivity index (χ2v) is 19.6. The molecule has 8 amide bonds. The quantitative estimate of drug-likeness (QED) is 0.0985. The Bertz CT molecular complexity index is 2130. The zero-order chi connectivity index (χ0) is 52.5. The molecule has 2 aliphatic heterocycles. The number of hydrogen-bond donors (Lipinski definition) is 8. The van der Waals surface area contributed by atoms with Crippen molar-refractivity contribution in [3.05, 3.63) is 29.8 Å². The summed E-state index contributed by atoms with van der Waals surface area (Å²) in [6, 6.07) is 2.06. The number of rotatable bonds is 18. The first kappa shape index (κ1) is 57.8. The number of primary amides is 3. The van der Waals surface area contributed by atoms with Crippen LogP contribution >= 0.6 is 0 Å². The van der Waals surface area contributed by atoms with Gasteiger partial charge >= 0.3 is 0 Å². The summed E-state index contributed by atoms with van der Waals surface area (Å²) in [4.78, 5) is 163. The molecule has 2 aliphatic rings. The van der Waals surface area contributed by atoms with Crippen LogP contribution in [0, 0.1) is 35.0 Å². The number of Topliss-reactive ketones (excluding diaryl/α,β-unsaturated/α-hetero) is 4. The molecule has 70 heavy (non-hydrogen) atoms. The fraction of sp³-hybridized carbons (Fsp3) is 0.633. The third-order valence-electron chi connectivity index (χ3n) is 13.1. The Balaban J connectivity index is 2.07. The van der Waals surface area contributed by atoms with E-state index >= 15 is 0 Å². The molecule has 0 aromatic heterocycles. The summed E-state index contributed by atoms with van der Waals surface area (Å²) in [5.74, 6) is -13.0. The molecule has 386 valence electrons. The molecule has 0 unspecified atom stereocenters. The number of nitrogens with two attached hydrogens (primary N) is 3. The van der Waals surface area contributed by atoms with E-state index in [-0.39, 0.29) is 69.6 Å². The number of carbonyl (C=O) groups excluding carboxylic acids is 12. The van der Waals surface area contributed by atoms with Gasteiger partial charge in [-0.3, -0.25) is 57.5 Å². The maximum Gasteiger partial charge on any atom is 0.236 e. The molecule has 1 aromatic carbocycles. The molecule has 0 aliphatic carbocycles. The first-order valence-electron chi connectivity index (χ1n) is 24.0. The lowest BCUT2D eigenvalue weighted by Crippen LogP contribution is -2.51. The Kier molecular flexibility index (Phi) is 22.3. The average Bonchev–Trinajstić information content (AvgIpc) is 3.78. The number of benzene rings is 1. The van der Waals surface area contributed by atoms with Crippen LogP contribution in [0.25, 0.3) is 0 Å². The van der Waals surface area contributed by atoms with Crippen LogP contribution < -0.4 is 38.5 Å². The van der Waals surface area contributed by atoms with Crippen molar-refractivity contribution in [2.24, 2.45) is 52.2 Å². The van der Waals surface area contributed by atoms with Crippen molar-refractivity contribution in [3.63, 3.8) is 0 Å². The molecule has 21 nitrogen and oxygen atoms in total. The number of nitrogens with zero attached hydrogens (tertiary/aromatic N) is 1. The van der Waals surface area contributed by atoms with Gasteiger partial charge in [0.2, 0.25) is 47.3 Å². The molecule has 0 saturated carbocycles. The second-order valence-electron chi connectivity index (χ2n) is 19.6. The van der Waals surface area contributed by atoms with Crippen LogP contribution in [0.15, 0.2) is 24.3 Å². The topological polar surface area (TPSA) is 354 Å². The molecule has 0 spiro atoms. The summed E-state index contributed by atoms with van der Waals surface area (Å²) < 4.78 is 0. The van der Waals surface area contributed by atoms with Crippen molar-refractivity contribution in [1.82, 2.24) is 26.2 Å². The minimum atomic E-state index is -1.65. The minimum Gasteiger partial charge on any atom is -0.508 e. The highest BCUT2D eigenvalue weighted by atomic mass is 16.3. The Hall–Kier alpha value is -6.54. The number of nitrogens with one attached hydrogen (secondary N) is 4. The van der Waals surface area contributed by atoms with Crippen molar-refractivity contribution >= 4 is 70.4 Å². The molecule has 2 saturated heterocycles. The number of likely N-dealkylation sites (tertiary alicyclic amines) is 1. The smallest absolute Gasteiger partial charge is 0.236 e. The number of phenols is 1. The molecule has 8 atom stereocenters. The highest BCUT2D eigenvalue weighted by Crippen LogP contribution is 2.34. The normalized spacial score (nSPS) is 23.8. The van der Waals surface area contributed by atoms with Gasteiger partial charge in [-0.05, 0) is 68.1 Å². The van der Waals surface area contributed by atoms with E-state index in [1.807, 2.05) is 13.8 Å². The van der Waals surface area contributed by atoms with Gasteiger partial charge in [0.25, 0.3) is 0 Å². The number of carbonyl (C=O) groups is 12.